The molecule has 118 valence electrons. The van der Waals surface area contributed by atoms with Gasteiger partial charge in [0.05, 0.1) is 5.02 Å². The van der Waals surface area contributed by atoms with E-state index in [4.69, 9.17) is 32.7 Å². The average molecular weight is 353 g/mol. The third-order valence-corrected chi connectivity index (χ3v) is 3.62. The van der Waals surface area contributed by atoms with Gasteiger partial charge < -0.3 is 9.47 Å². The molecule has 8 heteroatoms. The largest absolute Gasteiger partial charge is 0.454 e. The van der Waals surface area contributed by atoms with Crippen molar-refractivity contribution in [2.24, 2.45) is 0 Å². The van der Waals surface area contributed by atoms with Gasteiger partial charge in [-0.05, 0) is 36.4 Å². The SMILES string of the molecule is O=C(NNC(=O)c1cc(Cl)c2c(c1)OCO2)c1ccc(Cl)cc1. The summed E-state index contributed by atoms with van der Waals surface area (Å²) in [5.41, 5.74) is 5.20. The predicted molar refractivity (Wildman–Crippen MR) is 84.0 cm³/mol. The van der Waals surface area contributed by atoms with Crippen LogP contribution in [0.4, 0.5) is 0 Å². The number of ether oxygens (including phenoxy) is 2. The molecule has 2 aromatic rings. The number of hydrazine groups is 1. The molecule has 0 saturated carbocycles. The lowest BCUT2D eigenvalue weighted by Crippen LogP contribution is -2.41. The molecule has 0 atom stereocenters. The molecule has 0 bridgehead atoms. The van der Waals surface area contributed by atoms with Gasteiger partial charge in [-0.3, -0.25) is 20.4 Å². The summed E-state index contributed by atoms with van der Waals surface area (Å²) in [4.78, 5) is 24.0. The zero-order valence-electron chi connectivity index (χ0n) is 11.6. The van der Waals surface area contributed by atoms with Crippen LogP contribution in [0.2, 0.25) is 10.0 Å². The van der Waals surface area contributed by atoms with Crippen molar-refractivity contribution in [3.8, 4) is 11.5 Å². The fraction of sp³-hybridized carbons (Fsp3) is 0.0667. The van der Waals surface area contributed by atoms with Crippen molar-refractivity contribution in [2.45, 2.75) is 0 Å². The fourth-order valence-corrected chi connectivity index (χ4v) is 2.35. The second-order valence-electron chi connectivity index (χ2n) is 4.61. The lowest BCUT2D eigenvalue weighted by atomic mass is 10.2. The summed E-state index contributed by atoms with van der Waals surface area (Å²) < 4.78 is 10.4. The summed E-state index contributed by atoms with van der Waals surface area (Å²) in [5, 5.41) is 0.773. The first-order valence-corrected chi connectivity index (χ1v) is 7.25. The van der Waals surface area contributed by atoms with E-state index in [0.29, 0.717) is 22.1 Å². The van der Waals surface area contributed by atoms with Crippen LogP contribution in [0.25, 0.3) is 0 Å². The number of rotatable bonds is 2. The van der Waals surface area contributed by atoms with Crippen LogP contribution in [-0.2, 0) is 0 Å². The third-order valence-electron chi connectivity index (χ3n) is 3.09. The zero-order chi connectivity index (χ0) is 16.4. The summed E-state index contributed by atoms with van der Waals surface area (Å²) >= 11 is 11.8. The van der Waals surface area contributed by atoms with E-state index in [1.54, 1.807) is 24.3 Å². The van der Waals surface area contributed by atoms with Crippen LogP contribution >= 0.6 is 23.2 Å². The Hall–Kier alpha value is -2.44. The third kappa shape index (κ3) is 3.33. The van der Waals surface area contributed by atoms with Crippen LogP contribution in [-0.4, -0.2) is 18.6 Å². The molecule has 3 rings (SSSR count). The van der Waals surface area contributed by atoms with Crippen molar-refractivity contribution >= 4 is 35.0 Å². The predicted octanol–water partition coefficient (Wildman–Crippen LogP) is 2.80. The highest BCUT2D eigenvalue weighted by Gasteiger charge is 2.21. The number of halogens is 2. The number of carbonyl (C=O) groups is 2. The second-order valence-corrected chi connectivity index (χ2v) is 5.45. The highest BCUT2D eigenvalue weighted by molar-refractivity contribution is 6.32. The lowest BCUT2D eigenvalue weighted by Gasteiger charge is -2.08. The fourth-order valence-electron chi connectivity index (χ4n) is 1.96. The summed E-state index contributed by atoms with van der Waals surface area (Å²) in [6, 6.07) is 9.16. The van der Waals surface area contributed by atoms with Gasteiger partial charge in [0, 0.05) is 16.1 Å². The van der Waals surface area contributed by atoms with Crippen LogP contribution in [0.5, 0.6) is 11.5 Å². The number of benzene rings is 2. The van der Waals surface area contributed by atoms with Gasteiger partial charge in [-0.25, -0.2) is 0 Å². The monoisotopic (exact) mass is 352 g/mol. The smallest absolute Gasteiger partial charge is 0.269 e. The van der Waals surface area contributed by atoms with E-state index in [9.17, 15) is 9.59 Å². The number of fused-ring (bicyclic) bond motifs is 1. The molecule has 6 nitrogen and oxygen atoms in total. The summed E-state index contributed by atoms with van der Waals surface area (Å²) in [5.74, 6) is -0.227. The molecule has 2 amide bonds. The maximum atomic E-state index is 12.1. The molecular weight excluding hydrogens is 343 g/mol. The quantitative estimate of drug-likeness (QED) is 0.814. The number of carbonyl (C=O) groups excluding carboxylic acids is 2. The van der Waals surface area contributed by atoms with Crippen molar-refractivity contribution in [1.82, 2.24) is 10.9 Å². The van der Waals surface area contributed by atoms with Crippen molar-refractivity contribution in [2.75, 3.05) is 6.79 Å². The molecule has 1 aliphatic heterocycles. The van der Waals surface area contributed by atoms with Crippen LogP contribution in [0.15, 0.2) is 36.4 Å². The topological polar surface area (TPSA) is 76.7 Å². The molecular formula is C15H10Cl2N2O4. The van der Waals surface area contributed by atoms with E-state index >= 15 is 0 Å². The first-order chi connectivity index (χ1) is 11.0. The van der Waals surface area contributed by atoms with E-state index < -0.39 is 11.8 Å². The van der Waals surface area contributed by atoms with Crippen molar-refractivity contribution in [1.29, 1.82) is 0 Å². The molecule has 2 aromatic carbocycles. The van der Waals surface area contributed by atoms with Gasteiger partial charge in [0.25, 0.3) is 11.8 Å². The van der Waals surface area contributed by atoms with Gasteiger partial charge >= 0.3 is 0 Å². The van der Waals surface area contributed by atoms with Crippen molar-refractivity contribution < 1.29 is 19.1 Å². The minimum absolute atomic E-state index is 0.0490. The summed E-state index contributed by atoms with van der Waals surface area (Å²) in [6.07, 6.45) is 0. The van der Waals surface area contributed by atoms with E-state index in [1.165, 1.54) is 12.1 Å². The molecule has 2 N–H and O–H groups in total. The molecule has 0 aromatic heterocycles. The molecule has 0 saturated heterocycles. The zero-order valence-corrected chi connectivity index (χ0v) is 13.1. The van der Waals surface area contributed by atoms with Gasteiger partial charge in [-0.1, -0.05) is 23.2 Å². The number of hydrogen-bond donors (Lipinski definition) is 2. The molecule has 0 unspecified atom stereocenters. The van der Waals surface area contributed by atoms with E-state index in [0.717, 1.165) is 0 Å². The molecule has 1 aliphatic rings. The van der Waals surface area contributed by atoms with Gasteiger partial charge in [-0.2, -0.15) is 0 Å². The van der Waals surface area contributed by atoms with Crippen molar-refractivity contribution in [3.63, 3.8) is 0 Å². The van der Waals surface area contributed by atoms with E-state index in [-0.39, 0.29) is 17.4 Å². The molecule has 0 aliphatic carbocycles. The van der Waals surface area contributed by atoms with Crippen molar-refractivity contribution in [3.05, 3.63) is 57.6 Å². The maximum absolute atomic E-state index is 12.1. The number of nitrogens with one attached hydrogen (secondary N) is 2. The Kier molecular flexibility index (Phi) is 4.27. The minimum atomic E-state index is -0.535. The van der Waals surface area contributed by atoms with E-state index in [1.807, 2.05) is 0 Å². The highest BCUT2D eigenvalue weighted by atomic mass is 35.5. The molecule has 0 radical (unpaired) electrons. The maximum Gasteiger partial charge on any atom is 0.269 e. The Morgan fingerprint density at radius 3 is 2.26 bits per heavy atom. The van der Waals surface area contributed by atoms with E-state index in [2.05, 4.69) is 10.9 Å². The number of amides is 2. The van der Waals surface area contributed by atoms with Crippen LogP contribution in [0, 0.1) is 0 Å². The summed E-state index contributed by atoms with van der Waals surface area (Å²) in [7, 11) is 0. The first-order valence-electron chi connectivity index (χ1n) is 6.50. The highest BCUT2D eigenvalue weighted by Crippen LogP contribution is 2.39. The van der Waals surface area contributed by atoms with Gasteiger partial charge in [0.2, 0.25) is 6.79 Å². The molecule has 23 heavy (non-hydrogen) atoms. The minimum Gasteiger partial charge on any atom is -0.454 e. The molecule has 0 fully saturated rings. The van der Waals surface area contributed by atoms with Crippen LogP contribution in [0.3, 0.4) is 0 Å². The Balaban J connectivity index is 1.67. The van der Waals surface area contributed by atoms with Gasteiger partial charge in [-0.15, -0.1) is 0 Å². The first kappa shape index (κ1) is 15.5. The van der Waals surface area contributed by atoms with Crippen LogP contribution in [0.1, 0.15) is 20.7 Å². The summed E-state index contributed by atoms with van der Waals surface area (Å²) in [6.45, 7) is 0.0490. The molecule has 1 heterocycles. The average Bonchev–Trinajstić information content (AvgIpc) is 3.02. The Morgan fingerprint density at radius 2 is 1.57 bits per heavy atom. The Labute approximate surface area is 141 Å². The second kappa shape index (κ2) is 6.36. The molecule has 0 spiro atoms. The van der Waals surface area contributed by atoms with Crippen LogP contribution < -0.4 is 20.3 Å². The standard InChI is InChI=1S/C15H10Cl2N2O4/c16-10-3-1-8(2-4-10)14(20)18-19-15(21)9-5-11(17)13-12(6-9)22-7-23-13/h1-6H,7H2,(H,18,20)(H,19,21). The Morgan fingerprint density at radius 1 is 0.913 bits per heavy atom. The lowest BCUT2D eigenvalue weighted by molar-refractivity contribution is 0.0846. The van der Waals surface area contributed by atoms with Gasteiger partial charge in [0.1, 0.15) is 0 Å². The Bertz CT molecular complexity index is 778. The van der Waals surface area contributed by atoms with Gasteiger partial charge in [0.15, 0.2) is 11.5 Å². The number of hydrogen-bond acceptors (Lipinski definition) is 4. The normalized spacial score (nSPS) is 11.9.